The number of unbranched alkanes of at least 4 members (excludes halogenated alkanes) is 1. The smallest absolute Gasteiger partial charge is 0.251 e. The Bertz CT molecular complexity index is 930. The lowest BCUT2D eigenvalue weighted by molar-refractivity contribution is 0.0953. The maximum Gasteiger partial charge on any atom is 0.251 e. The Labute approximate surface area is 209 Å². The average molecular weight is 492 g/mol. The third-order valence-corrected chi connectivity index (χ3v) is 6.40. The SMILES string of the molecule is Cl.Cl.O=C(NCCCCNCCNC1CCCCC1)c1cccc2c1-c1ccccc1C2=O. The molecule has 7 heteroatoms. The van der Waals surface area contributed by atoms with E-state index < -0.39 is 0 Å². The fourth-order valence-electron chi connectivity index (χ4n) is 4.73. The summed E-state index contributed by atoms with van der Waals surface area (Å²) in [5, 5.41) is 10.2. The van der Waals surface area contributed by atoms with Crippen LogP contribution in [0.2, 0.25) is 0 Å². The van der Waals surface area contributed by atoms with Gasteiger partial charge in [0, 0.05) is 47.9 Å². The first-order valence-electron chi connectivity index (χ1n) is 11.7. The largest absolute Gasteiger partial charge is 0.352 e. The minimum atomic E-state index is -0.106. The molecule has 0 radical (unpaired) electrons. The monoisotopic (exact) mass is 491 g/mol. The van der Waals surface area contributed by atoms with Gasteiger partial charge in [0.2, 0.25) is 0 Å². The van der Waals surface area contributed by atoms with Crippen LogP contribution in [0.5, 0.6) is 0 Å². The fourth-order valence-corrected chi connectivity index (χ4v) is 4.73. The van der Waals surface area contributed by atoms with Gasteiger partial charge in [-0.15, -0.1) is 24.8 Å². The molecule has 0 unspecified atom stereocenters. The number of ketones is 1. The Morgan fingerprint density at radius 2 is 1.48 bits per heavy atom. The van der Waals surface area contributed by atoms with Crippen molar-refractivity contribution >= 4 is 36.5 Å². The van der Waals surface area contributed by atoms with Gasteiger partial charge in [0.25, 0.3) is 5.91 Å². The molecule has 0 atom stereocenters. The van der Waals surface area contributed by atoms with Gasteiger partial charge in [-0.3, -0.25) is 9.59 Å². The number of carbonyl (C=O) groups excluding carboxylic acids is 2. The van der Waals surface area contributed by atoms with Gasteiger partial charge in [0.05, 0.1) is 0 Å². The zero-order chi connectivity index (χ0) is 21.5. The van der Waals surface area contributed by atoms with Crippen molar-refractivity contribution in [1.82, 2.24) is 16.0 Å². The summed E-state index contributed by atoms with van der Waals surface area (Å²) in [5.41, 5.74) is 3.52. The lowest BCUT2D eigenvalue weighted by atomic mass is 9.95. The highest BCUT2D eigenvalue weighted by molar-refractivity contribution is 6.24. The maximum atomic E-state index is 12.8. The second-order valence-corrected chi connectivity index (χ2v) is 8.60. The fraction of sp³-hybridized carbons (Fsp3) is 0.462. The number of nitrogens with one attached hydrogen (secondary N) is 3. The molecule has 1 amide bonds. The van der Waals surface area contributed by atoms with E-state index in [1.165, 1.54) is 32.1 Å². The van der Waals surface area contributed by atoms with E-state index in [1.54, 1.807) is 6.07 Å². The zero-order valence-corrected chi connectivity index (χ0v) is 20.7. The van der Waals surface area contributed by atoms with E-state index in [-0.39, 0.29) is 36.5 Å². The third-order valence-electron chi connectivity index (χ3n) is 6.40. The van der Waals surface area contributed by atoms with Crippen molar-refractivity contribution in [2.45, 2.75) is 51.0 Å². The van der Waals surface area contributed by atoms with Gasteiger partial charge in [-0.05, 0) is 43.9 Å². The molecule has 0 saturated heterocycles. The van der Waals surface area contributed by atoms with Gasteiger partial charge < -0.3 is 16.0 Å². The molecule has 0 heterocycles. The van der Waals surface area contributed by atoms with E-state index in [0.717, 1.165) is 43.6 Å². The Morgan fingerprint density at radius 3 is 2.27 bits per heavy atom. The number of amides is 1. The molecular weight excluding hydrogens is 457 g/mol. The van der Waals surface area contributed by atoms with Gasteiger partial charge in [0.1, 0.15) is 0 Å². The van der Waals surface area contributed by atoms with Crippen molar-refractivity contribution in [2.75, 3.05) is 26.2 Å². The van der Waals surface area contributed by atoms with Crippen LogP contribution in [0.3, 0.4) is 0 Å². The first-order chi connectivity index (χ1) is 15.3. The van der Waals surface area contributed by atoms with Crippen molar-refractivity contribution in [3.63, 3.8) is 0 Å². The highest BCUT2D eigenvalue weighted by atomic mass is 35.5. The minimum absolute atomic E-state index is 0. The molecule has 0 bridgehead atoms. The van der Waals surface area contributed by atoms with Crippen LogP contribution in [0.4, 0.5) is 0 Å². The third kappa shape index (κ3) is 6.80. The Kier molecular flexibility index (Phi) is 11.3. The van der Waals surface area contributed by atoms with E-state index >= 15 is 0 Å². The summed E-state index contributed by atoms with van der Waals surface area (Å²) in [6.07, 6.45) is 8.73. The number of benzene rings is 2. The van der Waals surface area contributed by atoms with Crippen LogP contribution < -0.4 is 16.0 Å². The average Bonchev–Trinajstić information content (AvgIpc) is 3.11. The van der Waals surface area contributed by atoms with Gasteiger partial charge >= 0.3 is 0 Å². The topological polar surface area (TPSA) is 70.2 Å². The number of rotatable bonds is 10. The summed E-state index contributed by atoms with van der Waals surface area (Å²) < 4.78 is 0. The molecule has 2 aromatic rings. The molecule has 1 saturated carbocycles. The minimum Gasteiger partial charge on any atom is -0.352 e. The molecule has 4 rings (SSSR count). The molecule has 2 aliphatic carbocycles. The summed E-state index contributed by atoms with van der Waals surface area (Å²) in [6, 6.07) is 13.7. The van der Waals surface area contributed by atoms with E-state index in [9.17, 15) is 9.59 Å². The zero-order valence-electron chi connectivity index (χ0n) is 19.0. The molecule has 180 valence electrons. The van der Waals surface area contributed by atoms with Crippen molar-refractivity contribution in [3.05, 3.63) is 59.2 Å². The van der Waals surface area contributed by atoms with Crippen molar-refractivity contribution in [1.29, 1.82) is 0 Å². The molecule has 2 aliphatic rings. The number of hydrogen-bond donors (Lipinski definition) is 3. The van der Waals surface area contributed by atoms with Crippen LogP contribution in [0, 0.1) is 0 Å². The van der Waals surface area contributed by atoms with Gasteiger partial charge in [0.15, 0.2) is 5.78 Å². The first-order valence-corrected chi connectivity index (χ1v) is 11.7. The second-order valence-electron chi connectivity index (χ2n) is 8.60. The van der Waals surface area contributed by atoms with E-state index in [1.807, 2.05) is 36.4 Å². The molecular formula is C26H35Cl2N3O2. The molecule has 2 aromatic carbocycles. The molecule has 5 nitrogen and oxygen atoms in total. The summed E-state index contributed by atoms with van der Waals surface area (Å²) in [4.78, 5) is 25.4. The summed E-state index contributed by atoms with van der Waals surface area (Å²) in [5.74, 6) is -0.102. The predicted molar refractivity (Wildman–Crippen MR) is 139 cm³/mol. The molecule has 33 heavy (non-hydrogen) atoms. The molecule has 3 N–H and O–H groups in total. The molecule has 0 aromatic heterocycles. The van der Waals surface area contributed by atoms with Crippen LogP contribution in [0.15, 0.2) is 42.5 Å². The Hall–Kier alpha value is -1.92. The molecule has 1 fully saturated rings. The van der Waals surface area contributed by atoms with Crippen LogP contribution in [-0.4, -0.2) is 43.9 Å². The van der Waals surface area contributed by atoms with Crippen LogP contribution in [-0.2, 0) is 0 Å². The van der Waals surface area contributed by atoms with Gasteiger partial charge in [-0.1, -0.05) is 55.7 Å². The first kappa shape index (κ1) is 27.3. The van der Waals surface area contributed by atoms with E-state index in [2.05, 4.69) is 16.0 Å². The lowest BCUT2D eigenvalue weighted by Crippen LogP contribution is -2.36. The normalized spacial score (nSPS) is 14.6. The van der Waals surface area contributed by atoms with Crippen molar-refractivity contribution < 1.29 is 9.59 Å². The van der Waals surface area contributed by atoms with Crippen LogP contribution >= 0.6 is 24.8 Å². The number of hydrogen-bond acceptors (Lipinski definition) is 4. The van der Waals surface area contributed by atoms with Gasteiger partial charge in [-0.2, -0.15) is 0 Å². The summed E-state index contributed by atoms with van der Waals surface area (Å²) in [6.45, 7) is 3.62. The second kappa shape index (κ2) is 13.7. The lowest BCUT2D eigenvalue weighted by Gasteiger charge is -2.22. The predicted octanol–water partition coefficient (Wildman–Crippen LogP) is 4.76. The van der Waals surface area contributed by atoms with Crippen molar-refractivity contribution in [3.8, 4) is 11.1 Å². The maximum absolute atomic E-state index is 12.8. The quantitative estimate of drug-likeness (QED) is 0.357. The molecule has 0 aliphatic heterocycles. The number of halogens is 2. The highest BCUT2D eigenvalue weighted by Crippen LogP contribution is 2.38. The van der Waals surface area contributed by atoms with Crippen LogP contribution in [0.25, 0.3) is 11.1 Å². The summed E-state index contributed by atoms with van der Waals surface area (Å²) >= 11 is 0. The number of fused-ring (bicyclic) bond motifs is 3. The van der Waals surface area contributed by atoms with Crippen molar-refractivity contribution in [2.24, 2.45) is 0 Å². The van der Waals surface area contributed by atoms with Gasteiger partial charge in [-0.25, -0.2) is 0 Å². The number of carbonyl (C=O) groups is 2. The van der Waals surface area contributed by atoms with E-state index in [0.29, 0.717) is 29.3 Å². The molecule has 0 spiro atoms. The Balaban J connectivity index is 0.00000193. The highest BCUT2D eigenvalue weighted by Gasteiger charge is 2.29. The standard InChI is InChI=1S/C26H33N3O2.2ClH/c30-25-21-12-5-4-11-20(21)24-22(25)13-8-14-23(24)26(31)29-16-7-6-15-27-17-18-28-19-9-2-1-3-10-19;;/h4-5,8,11-14,19,27-28H,1-3,6-7,9-10,15-18H2,(H,29,31);2*1H. The Morgan fingerprint density at radius 1 is 0.788 bits per heavy atom. The van der Waals surface area contributed by atoms with E-state index in [4.69, 9.17) is 0 Å². The van der Waals surface area contributed by atoms with Crippen LogP contribution in [0.1, 0.15) is 71.2 Å². The summed E-state index contributed by atoms with van der Waals surface area (Å²) in [7, 11) is 0.